The van der Waals surface area contributed by atoms with Gasteiger partial charge >= 0.3 is 0 Å². The molecule has 8 nitrogen and oxygen atoms in total. The molecule has 0 atom stereocenters. The fourth-order valence-electron chi connectivity index (χ4n) is 3.85. The van der Waals surface area contributed by atoms with Crippen molar-refractivity contribution >= 4 is 33.9 Å². The van der Waals surface area contributed by atoms with Gasteiger partial charge in [-0.15, -0.1) is 5.11 Å². The minimum absolute atomic E-state index is 0.233. The Morgan fingerprint density at radius 2 is 1.97 bits per heavy atom. The maximum absolute atomic E-state index is 14.2. The van der Waals surface area contributed by atoms with Gasteiger partial charge in [-0.2, -0.15) is 0 Å². The number of aromatic nitrogens is 3. The van der Waals surface area contributed by atoms with Crippen molar-refractivity contribution < 1.29 is 4.39 Å². The molecule has 33 heavy (non-hydrogen) atoms. The summed E-state index contributed by atoms with van der Waals surface area (Å²) in [5.74, 6) is 6.19. The molecule has 2 heterocycles. The van der Waals surface area contributed by atoms with Crippen LogP contribution in [0.4, 0.5) is 21.7 Å². The number of aromatic amines is 1. The predicted molar refractivity (Wildman–Crippen MR) is 130 cm³/mol. The van der Waals surface area contributed by atoms with Gasteiger partial charge in [0.25, 0.3) is 0 Å². The molecule has 0 fully saturated rings. The first-order valence-corrected chi connectivity index (χ1v) is 10.5. The zero-order valence-corrected chi connectivity index (χ0v) is 18.5. The molecule has 4 rings (SSSR count). The Labute approximate surface area is 190 Å². The number of aryl methyl sites for hydroxylation is 2. The van der Waals surface area contributed by atoms with Crippen molar-refractivity contribution in [2.24, 2.45) is 16.2 Å². The first-order valence-electron chi connectivity index (χ1n) is 10.5. The predicted octanol–water partition coefficient (Wildman–Crippen LogP) is 5.41. The zero-order chi connectivity index (χ0) is 23.4. The van der Waals surface area contributed by atoms with Crippen molar-refractivity contribution in [3.05, 3.63) is 83.6 Å². The Balaban J connectivity index is 1.44. The molecule has 2 aromatic carbocycles. The van der Waals surface area contributed by atoms with Crippen LogP contribution in [-0.2, 0) is 6.42 Å². The van der Waals surface area contributed by atoms with E-state index in [2.05, 4.69) is 42.5 Å². The average molecular weight is 445 g/mol. The second kappa shape index (κ2) is 9.47. The van der Waals surface area contributed by atoms with Crippen molar-refractivity contribution in [2.75, 3.05) is 17.2 Å². The molecular formula is C24H25FN8. The van der Waals surface area contributed by atoms with Crippen LogP contribution in [0.25, 0.3) is 16.6 Å². The van der Waals surface area contributed by atoms with Crippen LogP contribution in [0.3, 0.4) is 0 Å². The Bertz CT molecular complexity index is 1340. The molecular weight excluding hydrogens is 419 g/mol. The van der Waals surface area contributed by atoms with Gasteiger partial charge in [0.1, 0.15) is 23.8 Å². The monoisotopic (exact) mass is 444 g/mol. The molecule has 0 aliphatic carbocycles. The Kier molecular flexibility index (Phi) is 6.30. The number of halogens is 1. The smallest absolute Gasteiger partial charge is 0.147 e. The van der Waals surface area contributed by atoms with Crippen molar-refractivity contribution in [3.63, 3.8) is 0 Å². The number of nitrogens with one attached hydrogen (secondary N) is 3. The summed E-state index contributed by atoms with van der Waals surface area (Å²) in [6, 6.07) is 12.7. The molecule has 0 unspecified atom stereocenters. The molecule has 0 aliphatic rings. The van der Waals surface area contributed by atoms with Gasteiger partial charge in [0, 0.05) is 34.9 Å². The number of nitrogens with zero attached hydrogens (tertiary/aromatic N) is 4. The summed E-state index contributed by atoms with van der Waals surface area (Å²) in [5, 5.41) is 14.6. The molecule has 0 saturated heterocycles. The highest BCUT2D eigenvalue weighted by Crippen LogP contribution is 2.28. The van der Waals surface area contributed by atoms with Crippen LogP contribution in [0, 0.1) is 19.7 Å². The molecule has 0 spiro atoms. The van der Waals surface area contributed by atoms with Crippen LogP contribution < -0.4 is 16.5 Å². The number of benzene rings is 2. The van der Waals surface area contributed by atoms with E-state index in [1.54, 1.807) is 0 Å². The highest BCUT2D eigenvalue weighted by Gasteiger charge is 2.13. The van der Waals surface area contributed by atoms with E-state index >= 15 is 0 Å². The molecule has 0 aliphatic heterocycles. The topological polar surface area (TPSA) is 116 Å². The number of hydrogen-bond acceptors (Lipinski definition) is 6. The number of H-pyrrole nitrogens is 1. The molecule has 168 valence electrons. The minimum atomic E-state index is -0.233. The highest BCUT2D eigenvalue weighted by molar-refractivity contribution is 5.88. The van der Waals surface area contributed by atoms with E-state index in [4.69, 9.17) is 5.84 Å². The number of hydrogen-bond donors (Lipinski definition) is 4. The Hall–Kier alpha value is -4.27. The normalized spacial score (nSPS) is 11.2. The van der Waals surface area contributed by atoms with Crippen molar-refractivity contribution in [2.45, 2.75) is 20.3 Å². The lowest BCUT2D eigenvalue weighted by Crippen LogP contribution is -2.08. The lowest BCUT2D eigenvalue weighted by atomic mass is 10.0. The standard InChI is InChI=1S/C24H25FN8/c1-14-7-8-20(25)24-23(14)19(16(3)30-24)9-10-27-21-12-22(29-13-28-21)31-18-6-4-5-17(11-18)15(2)32-33-26/h4-8,11-13,30H,2,9-10H2,1,3H3,(H2,26,32)(H2,27,28,29,31). The average Bonchev–Trinajstić information content (AvgIpc) is 3.14. The molecule has 0 amide bonds. The van der Waals surface area contributed by atoms with Crippen LogP contribution in [-0.4, -0.2) is 21.5 Å². The third-order valence-corrected chi connectivity index (χ3v) is 5.42. The summed E-state index contributed by atoms with van der Waals surface area (Å²) in [4.78, 5) is 11.8. The summed E-state index contributed by atoms with van der Waals surface area (Å²) in [7, 11) is 0. The van der Waals surface area contributed by atoms with E-state index in [0.717, 1.165) is 39.9 Å². The van der Waals surface area contributed by atoms with Crippen LogP contribution in [0.1, 0.15) is 22.4 Å². The molecule has 5 N–H and O–H groups in total. The van der Waals surface area contributed by atoms with Gasteiger partial charge in [-0.25, -0.2) is 14.4 Å². The Morgan fingerprint density at radius 1 is 1.15 bits per heavy atom. The van der Waals surface area contributed by atoms with Crippen molar-refractivity contribution in [1.82, 2.24) is 15.0 Å². The summed E-state index contributed by atoms with van der Waals surface area (Å²) < 4.78 is 14.2. The third kappa shape index (κ3) is 4.82. The zero-order valence-electron chi connectivity index (χ0n) is 18.5. The fraction of sp³-hybridized carbons (Fsp3) is 0.167. The van der Waals surface area contributed by atoms with Gasteiger partial charge < -0.3 is 21.5 Å². The maximum Gasteiger partial charge on any atom is 0.147 e. The quantitative estimate of drug-likeness (QED) is 0.165. The van der Waals surface area contributed by atoms with E-state index in [9.17, 15) is 4.39 Å². The summed E-state index contributed by atoms with van der Waals surface area (Å²) in [6.45, 7) is 8.45. The van der Waals surface area contributed by atoms with Crippen LogP contribution >= 0.6 is 0 Å². The largest absolute Gasteiger partial charge is 0.370 e. The first kappa shape index (κ1) is 21.9. The molecule has 2 aromatic heterocycles. The van der Waals surface area contributed by atoms with Crippen LogP contribution in [0.2, 0.25) is 0 Å². The number of anilines is 3. The van der Waals surface area contributed by atoms with E-state index in [1.807, 2.05) is 50.2 Å². The van der Waals surface area contributed by atoms with Gasteiger partial charge in [0.2, 0.25) is 0 Å². The molecule has 0 radical (unpaired) electrons. The van der Waals surface area contributed by atoms with E-state index in [-0.39, 0.29) is 5.82 Å². The van der Waals surface area contributed by atoms with Crippen LogP contribution in [0.5, 0.6) is 0 Å². The second-order valence-corrected chi connectivity index (χ2v) is 7.68. The SMILES string of the molecule is C=C(N=NN)c1cccc(Nc2cc(NCCc3c(C)[nH]c4c(F)ccc(C)c34)ncn2)c1. The van der Waals surface area contributed by atoms with E-state index in [1.165, 1.54) is 12.4 Å². The van der Waals surface area contributed by atoms with E-state index in [0.29, 0.717) is 29.4 Å². The van der Waals surface area contributed by atoms with E-state index < -0.39 is 0 Å². The first-order chi connectivity index (χ1) is 16.0. The summed E-state index contributed by atoms with van der Waals surface area (Å²) in [6.07, 6.45) is 2.22. The molecule has 9 heteroatoms. The van der Waals surface area contributed by atoms with Gasteiger partial charge in [-0.05, 0) is 49.6 Å². The molecule has 4 aromatic rings. The Morgan fingerprint density at radius 3 is 2.79 bits per heavy atom. The van der Waals surface area contributed by atoms with Gasteiger partial charge in [-0.1, -0.05) is 30.0 Å². The lowest BCUT2D eigenvalue weighted by molar-refractivity contribution is 0.637. The van der Waals surface area contributed by atoms with Crippen molar-refractivity contribution in [1.29, 1.82) is 0 Å². The van der Waals surface area contributed by atoms with Gasteiger partial charge in [0.05, 0.1) is 11.2 Å². The number of fused-ring (bicyclic) bond motifs is 1. The minimum Gasteiger partial charge on any atom is -0.370 e. The van der Waals surface area contributed by atoms with Gasteiger partial charge in [-0.3, -0.25) is 0 Å². The highest BCUT2D eigenvalue weighted by atomic mass is 19.1. The number of nitrogens with two attached hydrogens (primary N) is 1. The van der Waals surface area contributed by atoms with Gasteiger partial charge in [0.15, 0.2) is 0 Å². The summed E-state index contributed by atoms with van der Waals surface area (Å²) >= 11 is 0. The third-order valence-electron chi connectivity index (χ3n) is 5.42. The van der Waals surface area contributed by atoms with Crippen molar-refractivity contribution in [3.8, 4) is 0 Å². The number of rotatable bonds is 8. The second-order valence-electron chi connectivity index (χ2n) is 7.68. The fourth-order valence-corrected chi connectivity index (χ4v) is 3.85. The molecule has 0 bridgehead atoms. The van der Waals surface area contributed by atoms with Crippen LogP contribution in [0.15, 0.2) is 65.7 Å². The maximum atomic E-state index is 14.2. The lowest BCUT2D eigenvalue weighted by Gasteiger charge is -2.10. The summed E-state index contributed by atoms with van der Waals surface area (Å²) in [5.41, 5.74) is 5.77. The molecule has 0 saturated carbocycles.